The molecule has 1 aromatic carbocycles. The van der Waals surface area contributed by atoms with Gasteiger partial charge in [-0.05, 0) is 42.7 Å². The molecule has 6 heteroatoms. The third kappa shape index (κ3) is 3.29. The maximum atomic E-state index is 12.6. The fourth-order valence-corrected chi connectivity index (χ4v) is 3.01. The van der Waals surface area contributed by atoms with Crippen LogP contribution < -0.4 is 5.73 Å². The topological polar surface area (TPSA) is 59.5 Å². The summed E-state index contributed by atoms with van der Waals surface area (Å²) in [5.41, 5.74) is 6.59. The van der Waals surface area contributed by atoms with Crippen molar-refractivity contribution in [3.8, 4) is 0 Å². The zero-order valence-electron chi connectivity index (χ0n) is 12.0. The van der Waals surface area contributed by atoms with Gasteiger partial charge in [0.2, 0.25) is 0 Å². The lowest BCUT2D eigenvalue weighted by Gasteiger charge is -2.24. The molecular formula is C16H18Cl2N2O2. The zero-order chi connectivity index (χ0) is 14.8. The van der Waals surface area contributed by atoms with Gasteiger partial charge in [0.1, 0.15) is 5.76 Å². The molecule has 1 fully saturated rings. The van der Waals surface area contributed by atoms with Gasteiger partial charge < -0.3 is 15.1 Å². The number of nitrogens with two attached hydrogens (primary N) is 1. The molecule has 4 nitrogen and oxygen atoms in total. The first-order valence-corrected chi connectivity index (χ1v) is 7.42. The minimum Gasteiger partial charge on any atom is -0.455 e. The Bertz CT molecular complexity index is 657. The smallest absolute Gasteiger partial charge is 0.290 e. The Kier molecular flexibility index (Phi) is 5.51. The number of halogens is 2. The largest absolute Gasteiger partial charge is 0.455 e. The number of rotatable bonds is 3. The Labute approximate surface area is 140 Å². The summed E-state index contributed by atoms with van der Waals surface area (Å²) in [5, 5.41) is 0.690. The molecule has 0 saturated carbocycles. The van der Waals surface area contributed by atoms with Crippen LogP contribution >= 0.6 is 24.0 Å². The number of likely N-dealkylation sites (tertiary alicyclic amines) is 1. The Hall–Kier alpha value is -1.49. The van der Waals surface area contributed by atoms with Crippen LogP contribution in [-0.2, 0) is 6.54 Å². The highest BCUT2D eigenvalue weighted by Crippen LogP contribution is 2.34. The van der Waals surface area contributed by atoms with Crippen molar-refractivity contribution in [3.63, 3.8) is 0 Å². The molecule has 1 aromatic heterocycles. The van der Waals surface area contributed by atoms with Gasteiger partial charge in [0, 0.05) is 11.6 Å². The van der Waals surface area contributed by atoms with Crippen LogP contribution in [0, 0.1) is 0 Å². The quantitative estimate of drug-likeness (QED) is 0.924. The number of amides is 1. The molecule has 1 amide bonds. The number of carbonyl (C=O) groups excluding carboxylic acids is 1. The Morgan fingerprint density at radius 3 is 2.86 bits per heavy atom. The highest BCUT2D eigenvalue weighted by molar-refractivity contribution is 6.30. The molecule has 0 aliphatic carbocycles. The van der Waals surface area contributed by atoms with E-state index >= 15 is 0 Å². The summed E-state index contributed by atoms with van der Waals surface area (Å²) in [5.74, 6) is 0.887. The molecule has 1 unspecified atom stereocenters. The van der Waals surface area contributed by atoms with Crippen molar-refractivity contribution in [2.45, 2.75) is 25.4 Å². The molecule has 0 bridgehead atoms. The van der Waals surface area contributed by atoms with Gasteiger partial charge in [0.05, 0.1) is 12.6 Å². The summed E-state index contributed by atoms with van der Waals surface area (Å²) in [6.45, 7) is 1.03. The van der Waals surface area contributed by atoms with Gasteiger partial charge in [-0.3, -0.25) is 4.79 Å². The average Bonchev–Trinajstić information content (AvgIpc) is 3.15. The first kappa shape index (κ1) is 16.9. The molecule has 0 radical (unpaired) electrons. The van der Waals surface area contributed by atoms with Crippen LogP contribution in [0.2, 0.25) is 5.02 Å². The molecule has 0 spiro atoms. The second kappa shape index (κ2) is 7.18. The molecular weight excluding hydrogens is 323 g/mol. The van der Waals surface area contributed by atoms with Crippen LogP contribution in [0.25, 0.3) is 0 Å². The van der Waals surface area contributed by atoms with Crippen molar-refractivity contribution in [3.05, 3.63) is 58.5 Å². The number of hydrogen-bond acceptors (Lipinski definition) is 3. The molecule has 118 valence electrons. The molecule has 22 heavy (non-hydrogen) atoms. The van der Waals surface area contributed by atoms with Crippen molar-refractivity contribution in [2.24, 2.45) is 5.73 Å². The van der Waals surface area contributed by atoms with Gasteiger partial charge in [0.25, 0.3) is 5.91 Å². The third-order valence-corrected chi connectivity index (χ3v) is 4.06. The monoisotopic (exact) mass is 340 g/mol. The summed E-state index contributed by atoms with van der Waals surface area (Å²) in [6, 6.07) is 11.2. The SMILES string of the molecule is Cl.NCc1ccc(C(=O)N2CCCC2c2cccc(Cl)c2)o1. The predicted molar refractivity (Wildman–Crippen MR) is 88.3 cm³/mol. The predicted octanol–water partition coefficient (Wildman–Crippen LogP) is 3.79. The standard InChI is InChI=1S/C16H17ClN2O2.ClH/c17-12-4-1-3-11(9-12)14-5-2-8-19(14)16(20)15-7-6-13(10-18)21-15;/h1,3-4,6-7,9,14H,2,5,8,10,18H2;1H. The highest BCUT2D eigenvalue weighted by Gasteiger charge is 2.32. The molecule has 2 aromatic rings. The second-order valence-electron chi connectivity index (χ2n) is 5.18. The van der Waals surface area contributed by atoms with E-state index < -0.39 is 0 Å². The fourth-order valence-electron chi connectivity index (χ4n) is 2.81. The van der Waals surface area contributed by atoms with Crippen LogP contribution in [0.5, 0.6) is 0 Å². The van der Waals surface area contributed by atoms with E-state index in [9.17, 15) is 4.79 Å². The number of hydrogen-bond donors (Lipinski definition) is 1. The van der Waals surface area contributed by atoms with Gasteiger partial charge >= 0.3 is 0 Å². The molecule has 3 rings (SSSR count). The van der Waals surface area contributed by atoms with Crippen molar-refractivity contribution < 1.29 is 9.21 Å². The van der Waals surface area contributed by atoms with E-state index in [1.165, 1.54) is 0 Å². The fraction of sp³-hybridized carbons (Fsp3) is 0.312. The Balaban J connectivity index is 0.00000176. The lowest BCUT2D eigenvalue weighted by atomic mass is 10.0. The van der Waals surface area contributed by atoms with Crippen LogP contribution in [0.4, 0.5) is 0 Å². The van der Waals surface area contributed by atoms with Crippen LogP contribution in [-0.4, -0.2) is 17.4 Å². The minimum atomic E-state index is -0.0859. The van der Waals surface area contributed by atoms with Gasteiger partial charge in [-0.1, -0.05) is 23.7 Å². The van der Waals surface area contributed by atoms with Crippen molar-refractivity contribution >= 4 is 29.9 Å². The summed E-state index contributed by atoms with van der Waals surface area (Å²) < 4.78 is 5.47. The molecule has 1 aliphatic heterocycles. The maximum absolute atomic E-state index is 12.6. The average molecular weight is 341 g/mol. The van der Waals surface area contributed by atoms with Crippen LogP contribution in [0.3, 0.4) is 0 Å². The number of carbonyl (C=O) groups is 1. The lowest BCUT2D eigenvalue weighted by Crippen LogP contribution is -2.30. The summed E-state index contributed by atoms with van der Waals surface area (Å²) in [4.78, 5) is 14.5. The van der Waals surface area contributed by atoms with E-state index in [0.29, 0.717) is 23.1 Å². The molecule has 2 heterocycles. The van der Waals surface area contributed by atoms with E-state index in [1.807, 2.05) is 29.2 Å². The minimum absolute atomic E-state index is 0. The van der Waals surface area contributed by atoms with Crippen molar-refractivity contribution in [1.82, 2.24) is 4.90 Å². The Morgan fingerprint density at radius 1 is 1.36 bits per heavy atom. The second-order valence-corrected chi connectivity index (χ2v) is 5.62. The van der Waals surface area contributed by atoms with Crippen LogP contribution in [0.15, 0.2) is 40.8 Å². The van der Waals surface area contributed by atoms with Gasteiger partial charge in [-0.25, -0.2) is 0 Å². The zero-order valence-corrected chi connectivity index (χ0v) is 13.6. The van der Waals surface area contributed by atoms with E-state index in [4.69, 9.17) is 21.8 Å². The number of benzene rings is 1. The Morgan fingerprint density at radius 2 is 2.18 bits per heavy atom. The van der Waals surface area contributed by atoms with E-state index in [-0.39, 0.29) is 24.4 Å². The maximum Gasteiger partial charge on any atom is 0.290 e. The number of furan rings is 1. The molecule has 1 saturated heterocycles. The summed E-state index contributed by atoms with van der Waals surface area (Å²) in [7, 11) is 0. The van der Waals surface area contributed by atoms with Crippen LogP contribution in [0.1, 0.15) is 40.8 Å². The van der Waals surface area contributed by atoms with Crippen molar-refractivity contribution in [2.75, 3.05) is 6.54 Å². The van der Waals surface area contributed by atoms with Crippen molar-refractivity contribution in [1.29, 1.82) is 0 Å². The van der Waals surface area contributed by atoms with E-state index in [1.54, 1.807) is 12.1 Å². The summed E-state index contributed by atoms with van der Waals surface area (Å²) >= 11 is 6.05. The first-order valence-electron chi connectivity index (χ1n) is 7.04. The lowest BCUT2D eigenvalue weighted by molar-refractivity contribution is 0.0701. The summed E-state index contributed by atoms with van der Waals surface area (Å²) in [6.07, 6.45) is 1.92. The van der Waals surface area contributed by atoms with Gasteiger partial charge in [-0.2, -0.15) is 0 Å². The first-order chi connectivity index (χ1) is 10.2. The van der Waals surface area contributed by atoms with E-state index in [2.05, 4.69) is 0 Å². The molecule has 1 atom stereocenters. The highest BCUT2D eigenvalue weighted by atomic mass is 35.5. The van der Waals surface area contributed by atoms with Gasteiger partial charge in [-0.15, -0.1) is 12.4 Å². The number of nitrogens with zero attached hydrogens (tertiary/aromatic N) is 1. The normalized spacial score (nSPS) is 17.4. The molecule has 2 N–H and O–H groups in total. The third-order valence-electron chi connectivity index (χ3n) is 3.82. The van der Waals surface area contributed by atoms with E-state index in [0.717, 1.165) is 24.9 Å². The molecule has 1 aliphatic rings. The van der Waals surface area contributed by atoms with Gasteiger partial charge in [0.15, 0.2) is 5.76 Å².